The quantitative estimate of drug-likeness (QED) is 0.0424. The predicted octanol–water partition coefficient (Wildman–Crippen LogP) is 8.66. The van der Waals surface area contributed by atoms with Crippen LogP contribution in [0.4, 0.5) is 0 Å². The number of carbonyl (C=O) groups excluding carboxylic acids is 2. The molecule has 43 heavy (non-hydrogen) atoms. The van der Waals surface area contributed by atoms with Gasteiger partial charge in [0.05, 0.1) is 6.10 Å². The second kappa shape index (κ2) is 30.7. The van der Waals surface area contributed by atoms with Gasteiger partial charge in [0.15, 0.2) is 0 Å². The van der Waals surface area contributed by atoms with E-state index in [-0.39, 0.29) is 31.6 Å². The lowest BCUT2D eigenvalue weighted by Crippen LogP contribution is -2.25. The Labute approximate surface area is 262 Å². The van der Waals surface area contributed by atoms with Crippen LogP contribution in [0.3, 0.4) is 0 Å². The van der Waals surface area contributed by atoms with E-state index < -0.39 is 12.2 Å². The number of ether oxygens (including phenoxy) is 2. The first kappa shape index (κ1) is 40.3. The number of allylic oxidation sites excluding steroid dienone is 10. The number of hydrogen-bond acceptors (Lipinski definition) is 6. The molecule has 0 bridgehead atoms. The van der Waals surface area contributed by atoms with Crippen LogP contribution in [0.2, 0.25) is 0 Å². The molecule has 0 aliphatic carbocycles. The average molecular weight is 601 g/mol. The summed E-state index contributed by atoms with van der Waals surface area (Å²) in [5.41, 5.74) is 0. The number of aliphatic hydroxyl groups is 2. The van der Waals surface area contributed by atoms with E-state index in [1.807, 2.05) is 36.5 Å². The first-order valence-corrected chi connectivity index (χ1v) is 16.5. The van der Waals surface area contributed by atoms with Crippen LogP contribution in [0.5, 0.6) is 0 Å². The van der Waals surface area contributed by atoms with E-state index in [4.69, 9.17) is 9.47 Å². The molecule has 0 spiro atoms. The van der Waals surface area contributed by atoms with E-state index in [0.717, 1.165) is 50.9 Å². The number of unbranched alkanes of at least 4 members (excludes halogenated alkanes) is 5. The molecular formula is C37H60O6. The SMILES string of the molecule is CC/C=C\C/C=C\CC(O)/C=C/C=C\C/C=C\C/C=C\CCC(=O)OC[C@@H](O)COC(=O)CCCCCCCCC(C)C. The van der Waals surface area contributed by atoms with Crippen LogP contribution in [-0.4, -0.2) is 47.6 Å². The lowest BCUT2D eigenvalue weighted by atomic mass is 10.0. The number of carbonyl (C=O) groups is 2. The van der Waals surface area contributed by atoms with Crippen molar-refractivity contribution in [2.24, 2.45) is 5.92 Å². The summed E-state index contributed by atoms with van der Waals surface area (Å²) in [6, 6.07) is 0. The van der Waals surface area contributed by atoms with Crippen LogP contribution in [0, 0.1) is 5.92 Å². The summed E-state index contributed by atoms with van der Waals surface area (Å²) in [6.45, 7) is 6.27. The Morgan fingerprint density at radius 1 is 0.651 bits per heavy atom. The number of esters is 2. The van der Waals surface area contributed by atoms with Gasteiger partial charge in [0.2, 0.25) is 0 Å². The molecule has 0 radical (unpaired) electrons. The van der Waals surface area contributed by atoms with Gasteiger partial charge in [0, 0.05) is 12.8 Å². The Kier molecular flexibility index (Phi) is 28.8. The molecule has 0 amide bonds. The molecule has 0 aromatic carbocycles. The van der Waals surface area contributed by atoms with Gasteiger partial charge in [-0.25, -0.2) is 0 Å². The Balaban J connectivity index is 3.74. The molecule has 0 aliphatic rings. The topological polar surface area (TPSA) is 93.1 Å². The van der Waals surface area contributed by atoms with Gasteiger partial charge in [-0.2, -0.15) is 0 Å². The lowest BCUT2D eigenvalue weighted by molar-refractivity contribution is -0.152. The van der Waals surface area contributed by atoms with Crippen molar-refractivity contribution in [2.45, 2.75) is 129 Å². The van der Waals surface area contributed by atoms with Crippen molar-refractivity contribution in [1.29, 1.82) is 0 Å². The molecule has 0 fully saturated rings. The monoisotopic (exact) mass is 600 g/mol. The van der Waals surface area contributed by atoms with Crippen LogP contribution >= 0.6 is 0 Å². The van der Waals surface area contributed by atoms with Crippen molar-refractivity contribution < 1.29 is 29.3 Å². The van der Waals surface area contributed by atoms with Gasteiger partial charge in [-0.15, -0.1) is 0 Å². The maximum atomic E-state index is 11.9. The molecule has 0 aliphatic heterocycles. The smallest absolute Gasteiger partial charge is 0.306 e. The van der Waals surface area contributed by atoms with Crippen molar-refractivity contribution in [3.8, 4) is 0 Å². The third-order valence-electron chi connectivity index (χ3n) is 6.48. The zero-order valence-electron chi connectivity index (χ0n) is 27.2. The third-order valence-corrected chi connectivity index (χ3v) is 6.48. The molecule has 1 unspecified atom stereocenters. The van der Waals surface area contributed by atoms with Gasteiger partial charge in [-0.05, 0) is 50.9 Å². The minimum Gasteiger partial charge on any atom is -0.463 e. The second-order valence-corrected chi connectivity index (χ2v) is 11.2. The Bertz CT molecular complexity index is 849. The largest absolute Gasteiger partial charge is 0.463 e. The van der Waals surface area contributed by atoms with Gasteiger partial charge < -0.3 is 19.7 Å². The summed E-state index contributed by atoms with van der Waals surface area (Å²) in [4.78, 5) is 23.7. The fourth-order valence-electron chi connectivity index (χ4n) is 3.97. The van der Waals surface area contributed by atoms with Crippen molar-refractivity contribution in [2.75, 3.05) is 13.2 Å². The van der Waals surface area contributed by atoms with Gasteiger partial charge in [-0.1, -0.05) is 132 Å². The first-order valence-electron chi connectivity index (χ1n) is 16.5. The summed E-state index contributed by atoms with van der Waals surface area (Å²) in [5, 5.41) is 19.8. The molecular weight excluding hydrogens is 540 g/mol. The summed E-state index contributed by atoms with van der Waals surface area (Å²) < 4.78 is 10.2. The molecule has 0 saturated heterocycles. The van der Waals surface area contributed by atoms with Crippen LogP contribution in [0.25, 0.3) is 0 Å². The highest BCUT2D eigenvalue weighted by Crippen LogP contribution is 2.12. The van der Waals surface area contributed by atoms with Crippen molar-refractivity contribution in [3.05, 3.63) is 72.9 Å². The van der Waals surface area contributed by atoms with Crippen LogP contribution in [0.1, 0.15) is 117 Å². The number of rotatable bonds is 27. The van der Waals surface area contributed by atoms with E-state index >= 15 is 0 Å². The van der Waals surface area contributed by atoms with E-state index in [2.05, 4.69) is 51.2 Å². The van der Waals surface area contributed by atoms with Crippen molar-refractivity contribution in [3.63, 3.8) is 0 Å². The van der Waals surface area contributed by atoms with E-state index in [1.54, 1.807) is 6.08 Å². The lowest BCUT2D eigenvalue weighted by Gasteiger charge is -2.12. The Hall–Kier alpha value is -2.70. The molecule has 0 aromatic rings. The summed E-state index contributed by atoms with van der Waals surface area (Å²) >= 11 is 0. The molecule has 0 rings (SSSR count). The molecule has 0 heterocycles. The second-order valence-electron chi connectivity index (χ2n) is 11.2. The maximum absolute atomic E-state index is 11.9. The van der Waals surface area contributed by atoms with E-state index in [0.29, 0.717) is 19.3 Å². The van der Waals surface area contributed by atoms with Crippen LogP contribution < -0.4 is 0 Å². The average Bonchev–Trinajstić information content (AvgIpc) is 2.98. The standard InChI is InChI=1S/C37H60O6/c1-4-5-6-7-17-22-27-34(38)28-23-18-12-10-8-9-11-13-19-24-29-36(40)42-31-35(39)32-43-37(41)30-25-20-15-14-16-21-26-33(2)3/h5-6,8-9,12-13,17-19,22-23,28,33-35,38-39H,4,7,10-11,14-16,20-21,24-27,29-32H2,1-3H3/b6-5-,9-8-,18-12-,19-13-,22-17-,28-23+/t34?,35-/m1/s1. The van der Waals surface area contributed by atoms with Crippen LogP contribution in [0.15, 0.2) is 72.9 Å². The zero-order chi connectivity index (χ0) is 31.8. The minimum atomic E-state index is -1.01. The third kappa shape index (κ3) is 32.1. The van der Waals surface area contributed by atoms with Gasteiger partial charge in [0.25, 0.3) is 0 Å². The van der Waals surface area contributed by atoms with E-state index in [1.165, 1.54) is 25.7 Å². The summed E-state index contributed by atoms with van der Waals surface area (Å²) in [5.74, 6) is 0.0614. The Morgan fingerprint density at radius 2 is 1.21 bits per heavy atom. The molecule has 6 nitrogen and oxygen atoms in total. The van der Waals surface area contributed by atoms with Crippen LogP contribution in [-0.2, 0) is 19.1 Å². The molecule has 6 heteroatoms. The zero-order valence-corrected chi connectivity index (χ0v) is 27.2. The Morgan fingerprint density at radius 3 is 1.88 bits per heavy atom. The van der Waals surface area contributed by atoms with Crippen molar-refractivity contribution in [1.82, 2.24) is 0 Å². The first-order chi connectivity index (χ1) is 20.8. The highest BCUT2D eigenvalue weighted by Gasteiger charge is 2.11. The number of hydrogen-bond donors (Lipinski definition) is 2. The van der Waals surface area contributed by atoms with Gasteiger partial charge in [-0.3, -0.25) is 9.59 Å². The number of aliphatic hydroxyl groups excluding tert-OH is 2. The van der Waals surface area contributed by atoms with Gasteiger partial charge >= 0.3 is 11.9 Å². The predicted molar refractivity (Wildman–Crippen MR) is 179 cm³/mol. The molecule has 2 atom stereocenters. The fraction of sp³-hybridized carbons (Fsp3) is 0.622. The minimum absolute atomic E-state index is 0.157. The summed E-state index contributed by atoms with van der Waals surface area (Å²) in [7, 11) is 0. The normalized spacial score (nSPS) is 14.0. The van der Waals surface area contributed by atoms with Crippen molar-refractivity contribution >= 4 is 11.9 Å². The molecule has 2 N–H and O–H groups in total. The highest BCUT2D eigenvalue weighted by molar-refractivity contribution is 5.70. The molecule has 0 saturated carbocycles. The fourth-order valence-corrected chi connectivity index (χ4v) is 3.97. The molecule has 244 valence electrons. The molecule has 0 aromatic heterocycles. The van der Waals surface area contributed by atoms with Gasteiger partial charge in [0.1, 0.15) is 19.3 Å². The van der Waals surface area contributed by atoms with E-state index in [9.17, 15) is 19.8 Å². The highest BCUT2D eigenvalue weighted by atomic mass is 16.6. The maximum Gasteiger partial charge on any atom is 0.306 e. The summed E-state index contributed by atoms with van der Waals surface area (Å²) in [6.07, 6.45) is 35.8.